The molecule has 0 aromatic carbocycles. The molecule has 5 N–H and O–H groups in total. The minimum Gasteiger partial charge on any atom is -0.479 e. The molecule has 5 nitrogen and oxygen atoms in total. The molecule has 0 unspecified atom stereocenters. The van der Waals surface area contributed by atoms with Crippen LogP contribution in [0.15, 0.2) is 4.99 Å². The lowest BCUT2D eigenvalue weighted by atomic mass is 10.3. The Hall–Kier alpha value is -1.26. The number of aliphatic imine (C=N–C) groups is 1. The van der Waals surface area contributed by atoms with E-state index < -0.39 is 11.5 Å². The molecule has 56 valence electrons. The molecule has 0 saturated heterocycles. The molecule has 1 fully saturated rings. The summed E-state index contributed by atoms with van der Waals surface area (Å²) in [5.74, 6) is -1.10. The maximum atomic E-state index is 10.4. The molecular formula is C5H9N3O2. The topological polar surface area (TPSA) is 102 Å². The molecule has 10 heavy (non-hydrogen) atoms. The van der Waals surface area contributed by atoms with Crippen LogP contribution in [-0.2, 0) is 4.79 Å². The summed E-state index contributed by atoms with van der Waals surface area (Å²) in [6.45, 7) is 0. The average Bonchev–Trinajstić information content (AvgIpc) is 2.46. The monoisotopic (exact) mass is 143 g/mol. The van der Waals surface area contributed by atoms with Gasteiger partial charge in [0, 0.05) is 0 Å². The first-order valence-corrected chi connectivity index (χ1v) is 2.91. The number of carbonyl (C=O) groups is 1. The van der Waals surface area contributed by atoms with Crippen molar-refractivity contribution in [2.75, 3.05) is 0 Å². The van der Waals surface area contributed by atoms with Gasteiger partial charge in [-0.3, -0.25) is 0 Å². The van der Waals surface area contributed by atoms with Crippen LogP contribution in [0.5, 0.6) is 0 Å². The van der Waals surface area contributed by atoms with Gasteiger partial charge in [-0.1, -0.05) is 0 Å². The third-order valence-corrected chi connectivity index (χ3v) is 1.46. The fourth-order valence-corrected chi connectivity index (χ4v) is 0.739. The van der Waals surface area contributed by atoms with Gasteiger partial charge in [0.05, 0.1) is 0 Å². The van der Waals surface area contributed by atoms with Crippen LogP contribution in [0, 0.1) is 0 Å². The number of carboxylic acid groups (broad SMARTS) is 1. The fraction of sp³-hybridized carbons (Fsp3) is 0.600. The van der Waals surface area contributed by atoms with E-state index in [2.05, 4.69) is 4.99 Å². The highest BCUT2D eigenvalue weighted by Crippen LogP contribution is 2.39. The molecule has 0 amide bonds. The molecule has 1 aliphatic rings. The Morgan fingerprint density at radius 2 is 2.00 bits per heavy atom. The van der Waals surface area contributed by atoms with Crippen molar-refractivity contribution < 1.29 is 9.90 Å². The van der Waals surface area contributed by atoms with Gasteiger partial charge in [0.15, 0.2) is 11.5 Å². The number of guanidine groups is 1. The van der Waals surface area contributed by atoms with Crippen molar-refractivity contribution in [1.29, 1.82) is 0 Å². The maximum absolute atomic E-state index is 10.4. The number of nitrogens with two attached hydrogens (primary N) is 2. The van der Waals surface area contributed by atoms with Crippen molar-refractivity contribution in [3.8, 4) is 0 Å². The minimum atomic E-state index is -0.973. The van der Waals surface area contributed by atoms with E-state index in [1.807, 2.05) is 0 Å². The Bertz CT molecular complexity index is 191. The van der Waals surface area contributed by atoms with Gasteiger partial charge in [0.25, 0.3) is 0 Å². The molecule has 0 spiro atoms. The second-order valence-corrected chi connectivity index (χ2v) is 2.37. The van der Waals surface area contributed by atoms with E-state index in [0.717, 1.165) is 0 Å². The van der Waals surface area contributed by atoms with E-state index in [4.69, 9.17) is 16.6 Å². The van der Waals surface area contributed by atoms with Crippen LogP contribution >= 0.6 is 0 Å². The molecule has 1 rings (SSSR count). The summed E-state index contributed by atoms with van der Waals surface area (Å²) in [5.41, 5.74) is 9.07. The molecule has 0 aliphatic heterocycles. The van der Waals surface area contributed by atoms with Gasteiger partial charge < -0.3 is 16.6 Å². The zero-order valence-electron chi connectivity index (χ0n) is 5.37. The van der Waals surface area contributed by atoms with Crippen molar-refractivity contribution in [3.05, 3.63) is 0 Å². The smallest absolute Gasteiger partial charge is 0.331 e. The molecule has 0 bridgehead atoms. The summed E-state index contributed by atoms with van der Waals surface area (Å²) in [6.07, 6.45) is 1.08. The minimum absolute atomic E-state index is 0.153. The van der Waals surface area contributed by atoms with Crippen LogP contribution in [0.25, 0.3) is 0 Å². The summed E-state index contributed by atoms with van der Waals surface area (Å²) in [4.78, 5) is 14.0. The molecular weight excluding hydrogens is 134 g/mol. The number of carboxylic acids is 1. The van der Waals surface area contributed by atoms with Gasteiger partial charge in [-0.05, 0) is 12.8 Å². The zero-order valence-corrected chi connectivity index (χ0v) is 5.37. The summed E-state index contributed by atoms with van der Waals surface area (Å²) in [6, 6.07) is 0. The zero-order chi connectivity index (χ0) is 7.78. The standard InChI is InChI=1S/C5H9N3O2/c6-4(7)8-5(1-2-5)3(9)10/h1-2H2,(H,9,10)(H4,6,7,8). The molecule has 0 atom stereocenters. The highest BCUT2D eigenvalue weighted by molar-refractivity contribution is 5.87. The SMILES string of the molecule is NC(N)=NC1(C(=O)O)CC1. The lowest BCUT2D eigenvalue weighted by Gasteiger charge is -2.01. The molecule has 0 heterocycles. The summed E-state index contributed by atoms with van der Waals surface area (Å²) in [7, 11) is 0. The first-order chi connectivity index (χ1) is 4.57. The predicted molar refractivity (Wildman–Crippen MR) is 35.4 cm³/mol. The van der Waals surface area contributed by atoms with Crippen molar-refractivity contribution in [2.24, 2.45) is 16.5 Å². The molecule has 0 aromatic rings. The van der Waals surface area contributed by atoms with Crippen LogP contribution in [0.2, 0.25) is 0 Å². The normalized spacial score (nSPS) is 19.6. The lowest BCUT2D eigenvalue weighted by Crippen LogP contribution is -2.29. The first kappa shape index (κ1) is 6.85. The van der Waals surface area contributed by atoms with E-state index in [9.17, 15) is 4.79 Å². The lowest BCUT2D eigenvalue weighted by molar-refractivity contribution is -0.139. The number of nitrogens with zero attached hydrogens (tertiary/aromatic N) is 1. The van der Waals surface area contributed by atoms with E-state index in [1.54, 1.807) is 0 Å². The van der Waals surface area contributed by atoms with Crippen LogP contribution in [0.1, 0.15) is 12.8 Å². The van der Waals surface area contributed by atoms with Gasteiger partial charge in [-0.15, -0.1) is 0 Å². The van der Waals surface area contributed by atoms with Crippen LogP contribution in [0.4, 0.5) is 0 Å². The maximum Gasteiger partial charge on any atom is 0.331 e. The van der Waals surface area contributed by atoms with Crippen LogP contribution in [0.3, 0.4) is 0 Å². The highest BCUT2D eigenvalue weighted by Gasteiger charge is 2.50. The highest BCUT2D eigenvalue weighted by atomic mass is 16.4. The van der Waals surface area contributed by atoms with Gasteiger partial charge >= 0.3 is 5.97 Å². The van der Waals surface area contributed by atoms with Gasteiger partial charge in [0.2, 0.25) is 0 Å². The molecule has 5 heteroatoms. The van der Waals surface area contributed by atoms with Crippen LogP contribution in [-0.4, -0.2) is 22.6 Å². The second-order valence-electron chi connectivity index (χ2n) is 2.37. The largest absolute Gasteiger partial charge is 0.479 e. The van der Waals surface area contributed by atoms with Crippen molar-refractivity contribution >= 4 is 11.9 Å². The van der Waals surface area contributed by atoms with Crippen molar-refractivity contribution in [2.45, 2.75) is 18.4 Å². The van der Waals surface area contributed by atoms with E-state index in [0.29, 0.717) is 12.8 Å². The quantitative estimate of drug-likeness (QED) is 0.336. The fourth-order valence-electron chi connectivity index (χ4n) is 0.739. The predicted octanol–water partition coefficient (Wildman–Crippen LogP) is -1.12. The third-order valence-electron chi connectivity index (χ3n) is 1.46. The third kappa shape index (κ3) is 1.02. The number of rotatable bonds is 2. The summed E-state index contributed by atoms with van der Waals surface area (Å²) < 4.78 is 0. The summed E-state index contributed by atoms with van der Waals surface area (Å²) in [5, 5.41) is 8.53. The Labute approximate surface area is 57.7 Å². The Balaban J connectivity index is 2.71. The average molecular weight is 143 g/mol. The Morgan fingerprint density at radius 1 is 1.50 bits per heavy atom. The van der Waals surface area contributed by atoms with E-state index in [1.165, 1.54) is 0 Å². The molecule has 1 aliphatic carbocycles. The Morgan fingerprint density at radius 3 is 2.10 bits per heavy atom. The first-order valence-electron chi connectivity index (χ1n) is 2.91. The van der Waals surface area contributed by atoms with Gasteiger partial charge in [-0.25, -0.2) is 9.79 Å². The Kier molecular flexibility index (Phi) is 1.28. The van der Waals surface area contributed by atoms with Gasteiger partial charge in [-0.2, -0.15) is 0 Å². The summed E-state index contributed by atoms with van der Waals surface area (Å²) >= 11 is 0. The van der Waals surface area contributed by atoms with Crippen LogP contribution < -0.4 is 11.5 Å². The number of hydrogen-bond acceptors (Lipinski definition) is 2. The second kappa shape index (κ2) is 1.86. The van der Waals surface area contributed by atoms with E-state index >= 15 is 0 Å². The number of hydrogen-bond donors (Lipinski definition) is 3. The molecule has 0 radical (unpaired) electrons. The molecule has 0 aromatic heterocycles. The van der Waals surface area contributed by atoms with E-state index in [-0.39, 0.29) is 5.96 Å². The number of aliphatic carboxylic acids is 1. The van der Waals surface area contributed by atoms with Gasteiger partial charge in [0.1, 0.15) is 0 Å². The molecule has 1 saturated carbocycles. The van der Waals surface area contributed by atoms with Crippen molar-refractivity contribution in [1.82, 2.24) is 0 Å². The van der Waals surface area contributed by atoms with Crippen molar-refractivity contribution in [3.63, 3.8) is 0 Å².